The van der Waals surface area contributed by atoms with Gasteiger partial charge in [-0.2, -0.15) is 5.10 Å². The molecule has 1 amide bonds. The number of aromatic nitrogens is 4. The molecule has 150 valence electrons. The van der Waals surface area contributed by atoms with Gasteiger partial charge in [0.15, 0.2) is 5.65 Å². The van der Waals surface area contributed by atoms with E-state index >= 15 is 0 Å². The first-order valence-electron chi connectivity index (χ1n) is 9.99. The predicted octanol–water partition coefficient (Wildman–Crippen LogP) is 3.06. The summed E-state index contributed by atoms with van der Waals surface area (Å²) in [7, 11) is 0. The van der Waals surface area contributed by atoms with Crippen LogP contribution >= 0.6 is 0 Å². The maximum atomic E-state index is 14.1. The van der Waals surface area contributed by atoms with Gasteiger partial charge in [0.05, 0.1) is 18.4 Å². The van der Waals surface area contributed by atoms with Crippen molar-refractivity contribution in [2.75, 3.05) is 11.4 Å². The SMILES string of the molecule is CC1(C)CCc2ncc(F)cc2C2CCCN2c2ccn3ncc(c3n2)C(=O)N1. The fourth-order valence-electron chi connectivity index (χ4n) is 4.39. The van der Waals surface area contributed by atoms with Crippen molar-refractivity contribution in [1.29, 1.82) is 0 Å². The number of anilines is 1. The van der Waals surface area contributed by atoms with Gasteiger partial charge in [-0.25, -0.2) is 13.9 Å². The Balaban J connectivity index is 1.70. The molecule has 3 aromatic heterocycles. The van der Waals surface area contributed by atoms with Crippen molar-refractivity contribution >= 4 is 17.4 Å². The summed E-state index contributed by atoms with van der Waals surface area (Å²) in [5.74, 6) is 0.247. The highest BCUT2D eigenvalue weighted by atomic mass is 19.1. The lowest BCUT2D eigenvalue weighted by atomic mass is 9.93. The molecule has 1 saturated heterocycles. The number of amides is 1. The number of pyridine rings is 1. The smallest absolute Gasteiger partial charge is 0.257 e. The molecule has 0 aromatic carbocycles. The van der Waals surface area contributed by atoms with Crippen molar-refractivity contribution in [2.45, 2.75) is 51.1 Å². The van der Waals surface area contributed by atoms with Crippen LogP contribution in [0.4, 0.5) is 10.2 Å². The van der Waals surface area contributed by atoms with Crippen LogP contribution in [0.1, 0.15) is 60.8 Å². The van der Waals surface area contributed by atoms with Crippen molar-refractivity contribution < 1.29 is 9.18 Å². The molecule has 29 heavy (non-hydrogen) atoms. The number of hydrogen-bond acceptors (Lipinski definition) is 5. The molecule has 3 aromatic rings. The molecule has 1 N–H and O–H groups in total. The number of rotatable bonds is 0. The van der Waals surface area contributed by atoms with Crippen LogP contribution in [0, 0.1) is 5.82 Å². The molecule has 5 rings (SSSR count). The normalized spacial score (nSPS) is 21.1. The van der Waals surface area contributed by atoms with Crippen molar-refractivity contribution in [2.24, 2.45) is 0 Å². The van der Waals surface area contributed by atoms with Crippen LogP contribution < -0.4 is 10.2 Å². The van der Waals surface area contributed by atoms with E-state index in [0.717, 1.165) is 36.5 Å². The molecule has 2 bridgehead atoms. The van der Waals surface area contributed by atoms with Crippen LogP contribution in [0.2, 0.25) is 0 Å². The molecular weight excluding hydrogens is 371 g/mol. The van der Waals surface area contributed by atoms with Gasteiger partial charge in [-0.05, 0) is 57.2 Å². The van der Waals surface area contributed by atoms with Crippen LogP contribution in [-0.2, 0) is 6.42 Å². The molecule has 5 heterocycles. The Hall–Kier alpha value is -3.03. The highest BCUT2D eigenvalue weighted by Gasteiger charge is 2.32. The summed E-state index contributed by atoms with van der Waals surface area (Å²) in [6.07, 6.45) is 7.91. The molecule has 7 nitrogen and oxygen atoms in total. The first kappa shape index (κ1) is 18.0. The summed E-state index contributed by atoms with van der Waals surface area (Å²) >= 11 is 0. The topological polar surface area (TPSA) is 75.4 Å². The average Bonchev–Trinajstić information content (AvgIpc) is 3.32. The van der Waals surface area contributed by atoms with E-state index in [-0.39, 0.29) is 17.8 Å². The fourth-order valence-corrected chi connectivity index (χ4v) is 4.39. The van der Waals surface area contributed by atoms with Crippen molar-refractivity contribution in [3.05, 3.63) is 53.4 Å². The molecule has 0 saturated carbocycles. The number of carbonyl (C=O) groups is 1. The number of fused-ring (bicyclic) bond motifs is 5. The van der Waals surface area contributed by atoms with Crippen molar-refractivity contribution in [1.82, 2.24) is 24.9 Å². The van der Waals surface area contributed by atoms with E-state index in [0.29, 0.717) is 24.1 Å². The van der Waals surface area contributed by atoms with E-state index in [9.17, 15) is 9.18 Å². The Morgan fingerprint density at radius 1 is 1.31 bits per heavy atom. The summed E-state index contributed by atoms with van der Waals surface area (Å²) in [5.41, 5.74) is 2.32. The third-order valence-corrected chi connectivity index (χ3v) is 5.91. The maximum absolute atomic E-state index is 14.1. The summed E-state index contributed by atoms with van der Waals surface area (Å²) < 4.78 is 15.7. The first-order valence-corrected chi connectivity index (χ1v) is 9.99. The van der Waals surface area contributed by atoms with E-state index in [2.05, 4.69) is 20.3 Å². The largest absolute Gasteiger partial charge is 0.349 e. The lowest BCUT2D eigenvalue weighted by molar-refractivity contribution is 0.0910. The Bertz CT molecular complexity index is 1110. The van der Waals surface area contributed by atoms with Crippen LogP contribution in [0.3, 0.4) is 0 Å². The van der Waals surface area contributed by atoms with Crippen LogP contribution in [0.25, 0.3) is 5.65 Å². The summed E-state index contributed by atoms with van der Waals surface area (Å²) in [6.45, 7) is 4.80. The van der Waals surface area contributed by atoms with Gasteiger partial charge in [0.1, 0.15) is 17.2 Å². The zero-order chi connectivity index (χ0) is 20.2. The summed E-state index contributed by atoms with van der Waals surface area (Å²) in [5, 5.41) is 7.37. The Morgan fingerprint density at radius 2 is 2.17 bits per heavy atom. The molecule has 2 aliphatic rings. The Kier molecular flexibility index (Phi) is 4.04. The third-order valence-electron chi connectivity index (χ3n) is 5.91. The van der Waals surface area contributed by atoms with Crippen molar-refractivity contribution in [3.63, 3.8) is 0 Å². The Labute approximate surface area is 168 Å². The number of carbonyl (C=O) groups excluding carboxylic acids is 1. The van der Waals surface area contributed by atoms with Crippen LogP contribution in [0.15, 0.2) is 30.7 Å². The predicted molar refractivity (Wildman–Crippen MR) is 106 cm³/mol. The van der Waals surface area contributed by atoms with Gasteiger partial charge in [-0.3, -0.25) is 9.78 Å². The molecule has 0 spiro atoms. The van der Waals surface area contributed by atoms with Gasteiger partial charge < -0.3 is 10.2 Å². The zero-order valence-corrected chi connectivity index (χ0v) is 16.5. The monoisotopic (exact) mass is 394 g/mol. The van der Waals surface area contributed by atoms with Gasteiger partial charge in [0.2, 0.25) is 0 Å². The highest BCUT2D eigenvalue weighted by molar-refractivity contribution is 6.00. The standard InChI is InChI=1S/C21H23FN6O/c1-21(2)7-5-16-14(10-13(22)11-23-16)17-4-3-8-27(17)18-6-9-28-19(25-18)15(12-24-28)20(29)26-21/h6,9-12,17H,3-5,7-8H2,1-2H3,(H,26,29). The molecule has 1 atom stereocenters. The Morgan fingerprint density at radius 3 is 3.03 bits per heavy atom. The molecule has 0 radical (unpaired) electrons. The van der Waals surface area contributed by atoms with E-state index in [1.165, 1.54) is 6.20 Å². The fraction of sp³-hybridized carbons (Fsp3) is 0.429. The van der Waals surface area contributed by atoms with Gasteiger partial charge in [-0.15, -0.1) is 0 Å². The molecule has 8 heteroatoms. The second-order valence-corrected chi connectivity index (χ2v) is 8.49. The van der Waals surface area contributed by atoms with Crippen molar-refractivity contribution in [3.8, 4) is 0 Å². The van der Waals surface area contributed by atoms with Gasteiger partial charge >= 0.3 is 0 Å². The van der Waals surface area contributed by atoms with E-state index in [1.54, 1.807) is 16.8 Å². The number of nitrogens with one attached hydrogen (secondary N) is 1. The van der Waals surface area contributed by atoms with Crippen LogP contribution in [-0.4, -0.2) is 37.6 Å². The number of hydrogen-bond donors (Lipinski definition) is 1. The summed E-state index contributed by atoms with van der Waals surface area (Å²) in [6, 6.07) is 3.53. The molecule has 2 aliphatic heterocycles. The second-order valence-electron chi connectivity index (χ2n) is 8.49. The molecular formula is C21H23FN6O. The minimum Gasteiger partial charge on any atom is -0.349 e. The van der Waals surface area contributed by atoms with Crippen LogP contribution in [0.5, 0.6) is 0 Å². The lowest BCUT2D eigenvalue weighted by Crippen LogP contribution is -2.43. The average molecular weight is 394 g/mol. The minimum absolute atomic E-state index is 0.0158. The number of aryl methyl sites for hydroxylation is 1. The zero-order valence-electron chi connectivity index (χ0n) is 16.5. The highest BCUT2D eigenvalue weighted by Crippen LogP contribution is 2.37. The van der Waals surface area contributed by atoms with E-state index in [4.69, 9.17) is 4.98 Å². The number of nitrogens with zero attached hydrogens (tertiary/aromatic N) is 5. The summed E-state index contributed by atoms with van der Waals surface area (Å²) in [4.78, 5) is 24.3. The van der Waals surface area contributed by atoms with E-state index < -0.39 is 5.54 Å². The quantitative estimate of drug-likeness (QED) is 0.634. The first-order chi connectivity index (χ1) is 13.9. The maximum Gasteiger partial charge on any atom is 0.257 e. The molecule has 0 aliphatic carbocycles. The number of halogens is 1. The lowest BCUT2D eigenvalue weighted by Gasteiger charge is -2.28. The van der Waals surface area contributed by atoms with Gasteiger partial charge in [0.25, 0.3) is 5.91 Å². The third kappa shape index (κ3) is 3.12. The minimum atomic E-state index is -0.459. The molecule has 1 unspecified atom stereocenters. The van der Waals surface area contributed by atoms with Gasteiger partial charge in [-0.1, -0.05) is 0 Å². The van der Waals surface area contributed by atoms with Gasteiger partial charge in [0, 0.05) is 24.0 Å². The molecule has 1 fully saturated rings. The van der Waals surface area contributed by atoms with E-state index in [1.807, 2.05) is 26.1 Å². The second kappa shape index (κ2) is 6.50.